The molecule has 0 radical (unpaired) electrons. The molecule has 1 atom stereocenters. The molecular weight excluding hydrogens is 350 g/mol. The predicted octanol–water partition coefficient (Wildman–Crippen LogP) is 4.41. The van der Waals surface area contributed by atoms with Gasteiger partial charge in [-0.1, -0.05) is 35.9 Å². The van der Waals surface area contributed by atoms with Crippen molar-refractivity contribution in [2.24, 2.45) is 0 Å². The van der Waals surface area contributed by atoms with Gasteiger partial charge in [-0.05, 0) is 55.7 Å². The summed E-state index contributed by atoms with van der Waals surface area (Å²) >= 11 is 5.90. The van der Waals surface area contributed by atoms with Gasteiger partial charge in [-0.15, -0.1) is 0 Å². The molecule has 138 valence electrons. The normalized spacial score (nSPS) is 12.2. The highest BCUT2D eigenvalue weighted by atomic mass is 35.5. The summed E-state index contributed by atoms with van der Waals surface area (Å²) in [5.74, 6) is 0.555. The van der Waals surface area contributed by atoms with Crippen LogP contribution in [0.4, 0.5) is 0 Å². The second kappa shape index (κ2) is 10.00. The van der Waals surface area contributed by atoms with E-state index in [1.165, 1.54) is 0 Å². The van der Waals surface area contributed by atoms with Crippen LogP contribution in [0.25, 0.3) is 12.2 Å². The lowest BCUT2D eigenvalue weighted by Crippen LogP contribution is -2.32. The van der Waals surface area contributed by atoms with Gasteiger partial charge in [0, 0.05) is 28.8 Å². The Morgan fingerprint density at radius 2 is 1.96 bits per heavy atom. The summed E-state index contributed by atoms with van der Waals surface area (Å²) in [6.07, 6.45) is 5.26. The lowest BCUT2D eigenvalue weighted by Gasteiger charge is -2.14. The summed E-state index contributed by atoms with van der Waals surface area (Å²) in [5, 5.41) is 12.5. The van der Waals surface area contributed by atoms with Crippen LogP contribution in [0.2, 0.25) is 5.02 Å². The van der Waals surface area contributed by atoms with E-state index < -0.39 is 0 Å². The quantitative estimate of drug-likeness (QED) is 0.674. The molecule has 5 heteroatoms. The molecule has 1 unspecified atom stereocenters. The molecule has 0 aromatic heterocycles. The van der Waals surface area contributed by atoms with Crippen molar-refractivity contribution in [2.75, 3.05) is 13.7 Å². The molecule has 0 saturated heterocycles. The zero-order chi connectivity index (χ0) is 18.9. The van der Waals surface area contributed by atoms with Crippen molar-refractivity contribution >= 4 is 29.7 Å². The lowest BCUT2D eigenvalue weighted by atomic mass is 10.1. The maximum Gasteiger partial charge on any atom is 0.251 e. The fraction of sp³-hybridized carbons (Fsp3) is 0.286. The number of hydrogen-bond donors (Lipinski definition) is 2. The molecule has 0 heterocycles. The smallest absolute Gasteiger partial charge is 0.251 e. The SMILES string of the molecule is COc1ccc(C(=O)NC(C)CCCO)cc1C=Cc1ccc(Cl)cc1. The van der Waals surface area contributed by atoms with Crippen molar-refractivity contribution in [3.8, 4) is 5.75 Å². The number of benzene rings is 2. The Kier molecular flexibility index (Phi) is 7.70. The molecule has 2 aromatic carbocycles. The standard InChI is InChI=1S/C21H24ClNO3/c1-15(4-3-13-24)23-21(25)18-9-12-20(26-2)17(14-18)8-5-16-6-10-19(22)11-7-16/h5-12,14-15,24H,3-4,13H2,1-2H3,(H,23,25). The highest BCUT2D eigenvalue weighted by molar-refractivity contribution is 6.30. The fourth-order valence-electron chi connectivity index (χ4n) is 2.54. The van der Waals surface area contributed by atoms with Crippen LogP contribution in [0.5, 0.6) is 5.75 Å². The van der Waals surface area contributed by atoms with E-state index in [0.29, 0.717) is 22.8 Å². The van der Waals surface area contributed by atoms with Gasteiger partial charge in [-0.25, -0.2) is 0 Å². The first-order valence-corrected chi connectivity index (χ1v) is 8.94. The Morgan fingerprint density at radius 1 is 1.23 bits per heavy atom. The molecular formula is C21H24ClNO3. The van der Waals surface area contributed by atoms with E-state index in [4.69, 9.17) is 21.4 Å². The monoisotopic (exact) mass is 373 g/mol. The Bertz CT molecular complexity index is 756. The van der Waals surface area contributed by atoms with Gasteiger partial charge in [-0.2, -0.15) is 0 Å². The predicted molar refractivity (Wildman–Crippen MR) is 107 cm³/mol. The minimum atomic E-state index is -0.140. The summed E-state index contributed by atoms with van der Waals surface area (Å²) in [5.41, 5.74) is 2.39. The molecule has 2 rings (SSSR count). The van der Waals surface area contributed by atoms with Crippen molar-refractivity contribution in [3.63, 3.8) is 0 Å². The zero-order valence-electron chi connectivity index (χ0n) is 15.0. The number of carbonyl (C=O) groups excluding carboxylic acids is 1. The molecule has 0 aliphatic heterocycles. The van der Waals surface area contributed by atoms with Crippen molar-refractivity contribution in [1.29, 1.82) is 0 Å². The molecule has 0 fully saturated rings. The van der Waals surface area contributed by atoms with Gasteiger partial charge in [0.2, 0.25) is 0 Å². The largest absolute Gasteiger partial charge is 0.496 e. The Morgan fingerprint density at radius 3 is 2.62 bits per heavy atom. The molecule has 4 nitrogen and oxygen atoms in total. The minimum Gasteiger partial charge on any atom is -0.496 e. The van der Waals surface area contributed by atoms with Crippen LogP contribution in [0.1, 0.15) is 41.3 Å². The maximum atomic E-state index is 12.4. The first-order chi connectivity index (χ1) is 12.5. The van der Waals surface area contributed by atoms with Crippen LogP contribution in [0, 0.1) is 0 Å². The van der Waals surface area contributed by atoms with Crippen LogP contribution in [-0.4, -0.2) is 30.8 Å². The minimum absolute atomic E-state index is 0.00445. The summed E-state index contributed by atoms with van der Waals surface area (Å²) in [6, 6.07) is 12.8. The average Bonchev–Trinajstić information content (AvgIpc) is 2.65. The molecule has 2 aromatic rings. The van der Waals surface area contributed by atoms with Crippen LogP contribution in [-0.2, 0) is 0 Å². The molecule has 26 heavy (non-hydrogen) atoms. The van der Waals surface area contributed by atoms with E-state index in [2.05, 4.69) is 5.32 Å². The second-order valence-electron chi connectivity index (χ2n) is 6.08. The van der Waals surface area contributed by atoms with Crippen LogP contribution in [0.15, 0.2) is 42.5 Å². The van der Waals surface area contributed by atoms with Crippen molar-refractivity contribution in [2.45, 2.75) is 25.8 Å². The Labute approximate surface area is 159 Å². The van der Waals surface area contributed by atoms with E-state index in [1.807, 2.05) is 43.3 Å². The van der Waals surface area contributed by atoms with Gasteiger partial charge in [0.1, 0.15) is 5.75 Å². The Hall–Kier alpha value is -2.30. The number of halogens is 1. The average molecular weight is 374 g/mol. The third kappa shape index (κ3) is 5.90. The van der Waals surface area contributed by atoms with Gasteiger partial charge in [0.15, 0.2) is 0 Å². The number of amides is 1. The number of hydrogen-bond acceptors (Lipinski definition) is 3. The zero-order valence-corrected chi connectivity index (χ0v) is 15.8. The highest BCUT2D eigenvalue weighted by Crippen LogP contribution is 2.23. The van der Waals surface area contributed by atoms with Crippen LogP contribution < -0.4 is 10.1 Å². The van der Waals surface area contributed by atoms with Gasteiger partial charge in [0.25, 0.3) is 5.91 Å². The number of nitrogens with one attached hydrogen (secondary N) is 1. The van der Waals surface area contributed by atoms with Gasteiger partial charge in [0.05, 0.1) is 7.11 Å². The molecule has 0 aliphatic rings. The van der Waals surface area contributed by atoms with E-state index in [0.717, 1.165) is 17.5 Å². The third-order valence-electron chi connectivity index (χ3n) is 3.99. The highest BCUT2D eigenvalue weighted by Gasteiger charge is 2.11. The molecule has 0 saturated carbocycles. The van der Waals surface area contributed by atoms with E-state index in [1.54, 1.807) is 25.3 Å². The summed E-state index contributed by atoms with van der Waals surface area (Å²) in [4.78, 5) is 12.4. The first-order valence-electron chi connectivity index (χ1n) is 8.57. The molecule has 0 spiro atoms. The third-order valence-corrected chi connectivity index (χ3v) is 4.24. The van der Waals surface area contributed by atoms with Gasteiger partial charge < -0.3 is 15.2 Å². The van der Waals surface area contributed by atoms with Crippen molar-refractivity contribution in [3.05, 3.63) is 64.2 Å². The first kappa shape index (κ1) is 20.0. The van der Waals surface area contributed by atoms with E-state index in [-0.39, 0.29) is 18.6 Å². The second-order valence-corrected chi connectivity index (χ2v) is 6.52. The van der Waals surface area contributed by atoms with Crippen LogP contribution >= 0.6 is 11.6 Å². The van der Waals surface area contributed by atoms with E-state index >= 15 is 0 Å². The van der Waals surface area contributed by atoms with Crippen LogP contribution in [0.3, 0.4) is 0 Å². The number of methoxy groups -OCH3 is 1. The summed E-state index contributed by atoms with van der Waals surface area (Å²) in [6.45, 7) is 2.06. The summed E-state index contributed by atoms with van der Waals surface area (Å²) in [7, 11) is 1.60. The maximum absolute atomic E-state index is 12.4. The topological polar surface area (TPSA) is 58.6 Å². The number of aliphatic hydroxyl groups excluding tert-OH is 1. The molecule has 1 amide bonds. The number of ether oxygens (including phenoxy) is 1. The van der Waals surface area contributed by atoms with Gasteiger partial charge >= 0.3 is 0 Å². The molecule has 0 aliphatic carbocycles. The van der Waals surface area contributed by atoms with Crippen molar-refractivity contribution < 1.29 is 14.6 Å². The number of carbonyl (C=O) groups is 1. The number of aliphatic hydroxyl groups is 1. The fourth-order valence-corrected chi connectivity index (χ4v) is 2.67. The van der Waals surface area contributed by atoms with Crippen molar-refractivity contribution in [1.82, 2.24) is 5.32 Å². The summed E-state index contributed by atoms with van der Waals surface area (Å²) < 4.78 is 5.39. The van der Waals surface area contributed by atoms with Gasteiger partial charge in [-0.3, -0.25) is 4.79 Å². The Balaban J connectivity index is 2.16. The number of rotatable bonds is 8. The molecule has 2 N–H and O–H groups in total. The lowest BCUT2D eigenvalue weighted by molar-refractivity contribution is 0.0936. The van der Waals surface area contributed by atoms with E-state index in [9.17, 15) is 4.79 Å². The molecule has 0 bridgehead atoms.